The van der Waals surface area contributed by atoms with Crippen LogP contribution in [-0.4, -0.2) is 44.1 Å². The Morgan fingerprint density at radius 1 is 1.23 bits per heavy atom. The van der Waals surface area contributed by atoms with E-state index in [9.17, 15) is 4.79 Å². The third kappa shape index (κ3) is 1.97. The molecule has 0 spiro atoms. The van der Waals surface area contributed by atoms with Crippen LogP contribution >= 0.6 is 0 Å². The van der Waals surface area contributed by atoms with E-state index in [1.54, 1.807) is 0 Å². The first-order valence-corrected chi connectivity index (χ1v) is 3.81. The Hall–Kier alpha value is -0.690. The van der Waals surface area contributed by atoms with Crippen molar-refractivity contribution in [3.8, 4) is 0 Å². The van der Waals surface area contributed by atoms with E-state index < -0.39 is 36.5 Å². The van der Waals surface area contributed by atoms with Gasteiger partial charge in [-0.25, -0.2) is 0 Å². The molecule has 0 aromatic heterocycles. The lowest BCUT2D eigenvalue weighted by Gasteiger charge is -2.26. The van der Waals surface area contributed by atoms with Crippen molar-refractivity contribution in [1.82, 2.24) is 0 Å². The first-order valence-electron chi connectivity index (χ1n) is 3.81. The van der Waals surface area contributed by atoms with Gasteiger partial charge in [0.25, 0.3) is 0 Å². The molecule has 1 saturated carbocycles. The maximum Gasteiger partial charge on any atom is 0.302 e. The van der Waals surface area contributed by atoms with Crippen LogP contribution in [0.3, 0.4) is 0 Å². The average Bonchev–Trinajstić information content (AvgIpc) is 1.98. The van der Waals surface area contributed by atoms with Crippen molar-refractivity contribution < 1.29 is 30.0 Å². The molecule has 0 aliphatic heterocycles. The van der Waals surface area contributed by atoms with Crippen LogP contribution in [0.15, 0.2) is 0 Å². The minimum Gasteiger partial charge on any atom is -0.462 e. The second kappa shape index (κ2) is 2.91. The van der Waals surface area contributed by atoms with Gasteiger partial charge in [-0.05, 0) is 0 Å². The fraction of sp³-hybridized carbons (Fsp3) is 0.857. The van der Waals surface area contributed by atoms with Crippen LogP contribution in [0.1, 0.15) is 19.8 Å². The van der Waals surface area contributed by atoms with Crippen LogP contribution < -0.4 is 0 Å². The lowest BCUT2D eigenvalue weighted by atomic mass is 10.1. The van der Waals surface area contributed by atoms with Gasteiger partial charge in [0.2, 0.25) is 11.6 Å². The van der Waals surface area contributed by atoms with Crippen molar-refractivity contribution in [3.05, 3.63) is 0 Å². The van der Waals surface area contributed by atoms with Crippen molar-refractivity contribution in [2.75, 3.05) is 0 Å². The fourth-order valence-corrected chi connectivity index (χ4v) is 1.35. The van der Waals surface area contributed by atoms with Crippen LogP contribution in [0.25, 0.3) is 0 Å². The topological polar surface area (TPSA) is 107 Å². The van der Waals surface area contributed by atoms with E-state index in [2.05, 4.69) is 4.74 Å². The Morgan fingerprint density at radius 3 is 1.92 bits per heavy atom. The van der Waals surface area contributed by atoms with Crippen molar-refractivity contribution in [1.29, 1.82) is 0 Å². The molecule has 6 heteroatoms. The molecule has 0 saturated heterocycles. The minimum absolute atomic E-state index is 0.403. The van der Waals surface area contributed by atoms with E-state index in [-0.39, 0.29) is 0 Å². The summed E-state index contributed by atoms with van der Waals surface area (Å²) in [4.78, 5) is 10.5. The van der Waals surface area contributed by atoms with E-state index in [1.165, 1.54) is 0 Å². The number of hydrogen-bond acceptors (Lipinski definition) is 6. The molecule has 0 amide bonds. The lowest BCUT2D eigenvalue weighted by Crippen LogP contribution is -2.49. The molecule has 1 rings (SSSR count). The zero-order valence-corrected chi connectivity index (χ0v) is 7.10. The van der Waals surface area contributed by atoms with Crippen LogP contribution in [0.4, 0.5) is 0 Å². The number of esters is 1. The molecule has 6 nitrogen and oxygen atoms in total. The fourth-order valence-electron chi connectivity index (χ4n) is 1.35. The molecule has 0 aromatic carbocycles. The number of carbonyl (C=O) groups excluding carboxylic acids is 1. The molecule has 0 unspecified atom stereocenters. The van der Waals surface area contributed by atoms with E-state index in [1.807, 2.05) is 0 Å². The van der Waals surface area contributed by atoms with Gasteiger partial charge in [-0.3, -0.25) is 4.79 Å². The number of rotatable bonds is 1. The summed E-state index contributed by atoms with van der Waals surface area (Å²) in [5.41, 5.74) is 0. The van der Waals surface area contributed by atoms with Crippen molar-refractivity contribution in [2.24, 2.45) is 0 Å². The second-order valence-electron chi connectivity index (χ2n) is 3.27. The van der Waals surface area contributed by atoms with Crippen LogP contribution in [-0.2, 0) is 9.53 Å². The van der Waals surface area contributed by atoms with Gasteiger partial charge in [-0.1, -0.05) is 0 Å². The molecule has 0 radical (unpaired) electrons. The Morgan fingerprint density at radius 2 is 1.62 bits per heavy atom. The molecule has 1 aliphatic rings. The van der Waals surface area contributed by atoms with E-state index in [4.69, 9.17) is 20.4 Å². The van der Waals surface area contributed by atoms with Gasteiger partial charge >= 0.3 is 5.97 Å². The van der Waals surface area contributed by atoms with Gasteiger partial charge in [-0.15, -0.1) is 0 Å². The van der Waals surface area contributed by atoms with Crippen LogP contribution in [0.5, 0.6) is 0 Å². The number of carbonyl (C=O) groups is 1. The highest BCUT2D eigenvalue weighted by Gasteiger charge is 2.56. The number of aliphatic hydroxyl groups is 4. The molecule has 1 aliphatic carbocycles. The van der Waals surface area contributed by atoms with Gasteiger partial charge in [0.05, 0.1) is 0 Å². The number of hydrogen-bond donors (Lipinski definition) is 4. The monoisotopic (exact) mass is 192 g/mol. The summed E-state index contributed by atoms with van der Waals surface area (Å²) in [5, 5.41) is 36.3. The molecule has 13 heavy (non-hydrogen) atoms. The van der Waals surface area contributed by atoms with E-state index >= 15 is 0 Å². The molecular formula is C7H12O6. The largest absolute Gasteiger partial charge is 0.462 e. The smallest absolute Gasteiger partial charge is 0.302 e. The van der Waals surface area contributed by atoms with Gasteiger partial charge in [-0.2, -0.15) is 0 Å². The quantitative estimate of drug-likeness (QED) is 0.285. The Bertz CT molecular complexity index is 205. The van der Waals surface area contributed by atoms with Gasteiger partial charge < -0.3 is 25.2 Å². The van der Waals surface area contributed by atoms with Crippen molar-refractivity contribution in [3.63, 3.8) is 0 Å². The second-order valence-corrected chi connectivity index (χ2v) is 3.27. The van der Waals surface area contributed by atoms with Gasteiger partial charge in [0.1, 0.15) is 6.10 Å². The third-order valence-corrected chi connectivity index (χ3v) is 2.00. The summed E-state index contributed by atoms with van der Waals surface area (Å²) in [6.45, 7) is 1.16. The molecule has 1 fully saturated rings. The molecule has 0 bridgehead atoms. The maximum absolute atomic E-state index is 10.5. The lowest BCUT2D eigenvalue weighted by molar-refractivity contribution is -0.339. The maximum atomic E-state index is 10.5. The SMILES string of the molecule is CC(=O)OC1CC(O)(O)C(O)(O)C1. The molecule has 4 N–H and O–H groups in total. The highest BCUT2D eigenvalue weighted by Crippen LogP contribution is 2.36. The summed E-state index contributed by atoms with van der Waals surface area (Å²) < 4.78 is 4.60. The first-order chi connectivity index (χ1) is 5.74. The summed E-state index contributed by atoms with van der Waals surface area (Å²) in [6.07, 6.45) is -1.68. The predicted octanol–water partition coefficient (Wildman–Crippen LogP) is -1.93. The first kappa shape index (κ1) is 10.4. The van der Waals surface area contributed by atoms with E-state index in [0.717, 1.165) is 6.92 Å². The average molecular weight is 192 g/mol. The standard InChI is InChI=1S/C7H12O6/c1-4(8)13-5-2-6(9,10)7(11,12)3-5/h5,9-12H,2-3H2,1H3. The third-order valence-electron chi connectivity index (χ3n) is 2.00. The highest BCUT2D eigenvalue weighted by atomic mass is 16.6. The molecular weight excluding hydrogens is 180 g/mol. The normalized spacial score (nSPS) is 25.9. The predicted molar refractivity (Wildman–Crippen MR) is 39.1 cm³/mol. The summed E-state index contributed by atoms with van der Waals surface area (Å²) in [7, 11) is 0. The van der Waals surface area contributed by atoms with E-state index in [0.29, 0.717) is 0 Å². The Balaban J connectivity index is 2.65. The van der Waals surface area contributed by atoms with Crippen molar-refractivity contribution >= 4 is 5.97 Å². The van der Waals surface area contributed by atoms with Gasteiger partial charge in [0.15, 0.2) is 0 Å². The molecule has 76 valence electrons. The van der Waals surface area contributed by atoms with Crippen molar-refractivity contribution in [2.45, 2.75) is 37.4 Å². The van der Waals surface area contributed by atoms with Gasteiger partial charge in [0, 0.05) is 19.8 Å². The van der Waals surface area contributed by atoms with Crippen LogP contribution in [0.2, 0.25) is 0 Å². The summed E-state index contributed by atoms with van der Waals surface area (Å²) >= 11 is 0. The minimum atomic E-state index is -2.62. The molecule has 0 atom stereocenters. The zero-order valence-electron chi connectivity index (χ0n) is 7.10. The molecule has 0 heterocycles. The Kier molecular flexibility index (Phi) is 2.33. The number of ether oxygens (including phenoxy) is 1. The zero-order chi connectivity index (χ0) is 10.3. The molecule has 0 aromatic rings. The van der Waals surface area contributed by atoms with Crippen LogP contribution in [0, 0.1) is 0 Å². The summed E-state index contributed by atoms with van der Waals surface area (Å²) in [6, 6.07) is 0. The Labute approximate surface area is 74.4 Å². The summed E-state index contributed by atoms with van der Waals surface area (Å²) in [5.74, 6) is -5.83. The highest BCUT2D eigenvalue weighted by molar-refractivity contribution is 5.66.